The van der Waals surface area contributed by atoms with Crippen LogP contribution in [0.4, 0.5) is 5.69 Å². The van der Waals surface area contributed by atoms with Crippen molar-refractivity contribution in [3.8, 4) is 33.2 Å². The van der Waals surface area contributed by atoms with Crippen LogP contribution in [0.25, 0.3) is 55.2 Å². The third-order valence-corrected chi connectivity index (χ3v) is 6.87. The molecule has 37 heavy (non-hydrogen) atoms. The zero-order chi connectivity index (χ0) is 25.6. The van der Waals surface area contributed by atoms with Crippen LogP contribution in [0.1, 0.15) is 27.2 Å². The zero-order valence-electron chi connectivity index (χ0n) is 20.7. The number of imidazole rings is 1. The van der Waals surface area contributed by atoms with Crippen LogP contribution in [0.5, 0.6) is 0 Å². The Hall–Kier alpha value is -4.37. The van der Waals surface area contributed by atoms with Crippen molar-refractivity contribution in [2.45, 2.75) is 27.2 Å². The standard InChI is InChI=1S/C28H25N7OS/c1-28(2,3)13-23(36)31-18-11-17(14-29-15-18)16-6-7-20-19(12-16)24(35-34-20)27-32-21-8-9-30-26(25(21)33-27)22-5-4-10-37-22/h4-12,14-15H,13H2,1-3H3,(H,31,36)(H,32,33)(H,34,35). The summed E-state index contributed by atoms with van der Waals surface area (Å²) in [4.78, 5) is 30.7. The minimum absolute atomic E-state index is 0.0275. The highest BCUT2D eigenvalue weighted by molar-refractivity contribution is 7.13. The highest BCUT2D eigenvalue weighted by Gasteiger charge is 2.18. The maximum atomic E-state index is 12.4. The van der Waals surface area contributed by atoms with Gasteiger partial charge in [0.1, 0.15) is 16.9 Å². The molecular formula is C28H25N7OS. The lowest BCUT2D eigenvalue weighted by molar-refractivity contribution is -0.117. The Morgan fingerprint density at radius 2 is 1.92 bits per heavy atom. The molecule has 9 heteroatoms. The Kier molecular flexibility index (Phi) is 5.57. The zero-order valence-corrected chi connectivity index (χ0v) is 21.5. The van der Waals surface area contributed by atoms with Crippen LogP contribution in [0.3, 0.4) is 0 Å². The second-order valence-electron chi connectivity index (χ2n) is 10.2. The summed E-state index contributed by atoms with van der Waals surface area (Å²) in [6.45, 7) is 6.13. The van der Waals surface area contributed by atoms with Crippen molar-refractivity contribution < 1.29 is 4.79 Å². The van der Waals surface area contributed by atoms with Gasteiger partial charge in [0, 0.05) is 29.8 Å². The first-order valence-corrected chi connectivity index (χ1v) is 12.8. The molecule has 0 saturated carbocycles. The molecule has 0 bridgehead atoms. The van der Waals surface area contributed by atoms with E-state index in [1.807, 2.05) is 62.5 Å². The highest BCUT2D eigenvalue weighted by atomic mass is 32.1. The van der Waals surface area contributed by atoms with E-state index in [0.29, 0.717) is 17.9 Å². The Morgan fingerprint density at radius 3 is 2.73 bits per heavy atom. The fraction of sp³-hybridized carbons (Fsp3) is 0.179. The number of hydrogen-bond donors (Lipinski definition) is 3. The molecule has 1 amide bonds. The Labute approximate surface area is 217 Å². The topological polar surface area (TPSA) is 112 Å². The average Bonchev–Trinajstić information content (AvgIpc) is 3.61. The van der Waals surface area contributed by atoms with Crippen LogP contribution < -0.4 is 5.32 Å². The Bertz CT molecular complexity index is 1740. The van der Waals surface area contributed by atoms with Crippen molar-refractivity contribution >= 4 is 44.9 Å². The normalized spacial score (nSPS) is 11.9. The number of thiophene rings is 1. The molecule has 5 aromatic heterocycles. The van der Waals surface area contributed by atoms with Crippen molar-refractivity contribution in [2.24, 2.45) is 5.41 Å². The molecule has 184 valence electrons. The van der Waals surface area contributed by atoms with Crippen LogP contribution in [0, 0.1) is 5.41 Å². The third-order valence-electron chi connectivity index (χ3n) is 5.99. The molecule has 8 nitrogen and oxygen atoms in total. The largest absolute Gasteiger partial charge is 0.336 e. The molecule has 6 rings (SSSR count). The molecule has 1 aromatic carbocycles. The summed E-state index contributed by atoms with van der Waals surface area (Å²) in [5.41, 5.74) is 6.65. The van der Waals surface area contributed by atoms with E-state index in [2.05, 4.69) is 36.5 Å². The Balaban J connectivity index is 1.36. The number of nitrogens with one attached hydrogen (secondary N) is 3. The number of anilines is 1. The molecule has 0 spiro atoms. The lowest BCUT2D eigenvalue weighted by Crippen LogP contribution is -2.19. The van der Waals surface area contributed by atoms with Crippen LogP contribution in [0.15, 0.2) is 66.4 Å². The number of aromatic nitrogens is 6. The average molecular weight is 508 g/mol. The fourth-order valence-corrected chi connectivity index (χ4v) is 5.09. The van der Waals surface area contributed by atoms with Crippen LogP contribution >= 0.6 is 11.3 Å². The molecule has 5 heterocycles. The lowest BCUT2D eigenvalue weighted by Gasteiger charge is -2.17. The second kappa shape index (κ2) is 8.94. The number of aromatic amines is 2. The first-order chi connectivity index (χ1) is 17.8. The molecule has 6 aromatic rings. The van der Waals surface area contributed by atoms with E-state index < -0.39 is 0 Å². The molecular weight excluding hydrogens is 482 g/mol. The van der Waals surface area contributed by atoms with Gasteiger partial charge in [0.15, 0.2) is 5.82 Å². The van der Waals surface area contributed by atoms with Gasteiger partial charge in [-0.15, -0.1) is 11.3 Å². The van der Waals surface area contributed by atoms with Crippen molar-refractivity contribution in [3.63, 3.8) is 0 Å². The minimum Gasteiger partial charge on any atom is -0.336 e. The summed E-state index contributed by atoms with van der Waals surface area (Å²) in [6, 6.07) is 14.0. The van der Waals surface area contributed by atoms with Crippen molar-refractivity contribution in [1.29, 1.82) is 0 Å². The van der Waals surface area contributed by atoms with Gasteiger partial charge in [-0.2, -0.15) is 5.10 Å². The summed E-state index contributed by atoms with van der Waals surface area (Å²) in [6.07, 6.45) is 5.68. The van der Waals surface area contributed by atoms with Crippen molar-refractivity contribution in [3.05, 3.63) is 66.4 Å². The van der Waals surface area contributed by atoms with E-state index in [-0.39, 0.29) is 11.3 Å². The van der Waals surface area contributed by atoms with E-state index in [0.717, 1.165) is 49.3 Å². The second-order valence-corrected chi connectivity index (χ2v) is 11.1. The molecule has 0 radical (unpaired) electrons. The van der Waals surface area contributed by atoms with E-state index in [1.54, 1.807) is 29.9 Å². The van der Waals surface area contributed by atoms with Gasteiger partial charge in [0.05, 0.1) is 27.8 Å². The summed E-state index contributed by atoms with van der Waals surface area (Å²) in [5.74, 6) is 0.644. The van der Waals surface area contributed by atoms with E-state index in [9.17, 15) is 4.79 Å². The van der Waals surface area contributed by atoms with Crippen molar-refractivity contribution in [1.82, 2.24) is 30.1 Å². The van der Waals surface area contributed by atoms with E-state index >= 15 is 0 Å². The number of carbonyl (C=O) groups is 1. The minimum atomic E-state index is -0.0882. The van der Waals surface area contributed by atoms with Gasteiger partial charge in [0.2, 0.25) is 5.91 Å². The predicted molar refractivity (Wildman–Crippen MR) is 148 cm³/mol. The van der Waals surface area contributed by atoms with Gasteiger partial charge in [0.25, 0.3) is 0 Å². The molecule has 0 aliphatic heterocycles. The maximum Gasteiger partial charge on any atom is 0.224 e. The molecule has 0 aliphatic carbocycles. The number of benzene rings is 1. The quantitative estimate of drug-likeness (QED) is 0.241. The number of hydrogen-bond acceptors (Lipinski definition) is 6. The molecule has 0 aliphatic rings. The highest BCUT2D eigenvalue weighted by Crippen LogP contribution is 2.33. The SMILES string of the molecule is CC(C)(C)CC(=O)Nc1cncc(-c2ccc3[nH]nc(-c4nc5c(-c6cccs6)nccc5[nH]4)c3c2)c1. The molecule has 3 N–H and O–H groups in total. The summed E-state index contributed by atoms with van der Waals surface area (Å²) in [7, 11) is 0. The van der Waals surface area contributed by atoms with Crippen molar-refractivity contribution in [2.75, 3.05) is 5.32 Å². The lowest BCUT2D eigenvalue weighted by atomic mass is 9.92. The number of pyridine rings is 2. The summed E-state index contributed by atoms with van der Waals surface area (Å²) in [5, 5.41) is 13.6. The van der Waals surface area contributed by atoms with Gasteiger partial charge in [-0.05, 0) is 46.7 Å². The molecule has 0 atom stereocenters. The predicted octanol–water partition coefficient (Wildman–Crippen LogP) is 6.67. The third kappa shape index (κ3) is 4.61. The van der Waals surface area contributed by atoms with E-state index in [4.69, 9.17) is 4.98 Å². The van der Waals surface area contributed by atoms with Crippen LogP contribution in [0.2, 0.25) is 0 Å². The first kappa shape index (κ1) is 23.1. The molecule has 0 fully saturated rings. The maximum absolute atomic E-state index is 12.4. The first-order valence-electron chi connectivity index (χ1n) is 12.0. The van der Waals surface area contributed by atoms with Gasteiger partial charge in [-0.25, -0.2) is 4.98 Å². The van der Waals surface area contributed by atoms with Gasteiger partial charge >= 0.3 is 0 Å². The van der Waals surface area contributed by atoms with Crippen LogP contribution in [-0.2, 0) is 4.79 Å². The monoisotopic (exact) mass is 507 g/mol. The van der Waals surface area contributed by atoms with Gasteiger partial charge in [-0.1, -0.05) is 32.9 Å². The fourth-order valence-electron chi connectivity index (χ4n) is 4.37. The number of H-pyrrole nitrogens is 2. The Morgan fingerprint density at radius 1 is 1.03 bits per heavy atom. The number of amides is 1. The summed E-state index contributed by atoms with van der Waals surface area (Å²) >= 11 is 1.64. The van der Waals surface area contributed by atoms with Gasteiger partial charge in [-0.3, -0.25) is 19.9 Å². The van der Waals surface area contributed by atoms with Crippen LogP contribution in [-0.4, -0.2) is 36.0 Å². The molecule has 0 saturated heterocycles. The number of carbonyl (C=O) groups excluding carboxylic acids is 1. The number of nitrogens with zero attached hydrogens (tertiary/aromatic N) is 4. The number of fused-ring (bicyclic) bond motifs is 2. The molecule has 0 unspecified atom stereocenters. The summed E-state index contributed by atoms with van der Waals surface area (Å²) < 4.78 is 0. The van der Waals surface area contributed by atoms with E-state index in [1.165, 1.54) is 0 Å². The van der Waals surface area contributed by atoms with Gasteiger partial charge < -0.3 is 10.3 Å². The number of rotatable bonds is 5. The smallest absolute Gasteiger partial charge is 0.224 e.